The number of rotatable bonds is 4. The van der Waals surface area contributed by atoms with E-state index in [1.54, 1.807) is 12.1 Å². The zero-order valence-electron chi connectivity index (χ0n) is 13.2. The van der Waals surface area contributed by atoms with Gasteiger partial charge in [0, 0.05) is 11.3 Å². The molecule has 0 aliphatic carbocycles. The molecule has 25 heavy (non-hydrogen) atoms. The number of alkyl halides is 3. The van der Waals surface area contributed by atoms with Crippen LogP contribution in [0.4, 0.5) is 5.69 Å². The Morgan fingerprint density at radius 2 is 1.60 bits per heavy atom. The minimum Gasteiger partial charge on any atom is -0.339 e. The Bertz CT molecular complexity index is 750. The maximum absolute atomic E-state index is 12.5. The molecule has 0 radical (unpaired) electrons. The molecule has 2 rings (SSSR count). The van der Waals surface area contributed by atoms with Crippen molar-refractivity contribution in [2.75, 3.05) is 5.32 Å². The largest absolute Gasteiger partial charge is 0.339 e. The number of carbonyl (C=O) groups is 1. The van der Waals surface area contributed by atoms with Crippen LogP contribution in [0.2, 0.25) is 0 Å². The van der Waals surface area contributed by atoms with E-state index in [4.69, 9.17) is 47.0 Å². The zero-order valence-corrected chi connectivity index (χ0v) is 16.3. The second kappa shape index (κ2) is 8.72. The molecule has 0 saturated heterocycles. The van der Waals surface area contributed by atoms with Crippen LogP contribution in [0.15, 0.2) is 54.6 Å². The van der Waals surface area contributed by atoms with Crippen LogP contribution in [0.3, 0.4) is 0 Å². The molecule has 0 fully saturated rings. The summed E-state index contributed by atoms with van der Waals surface area (Å²) < 4.78 is -1.80. The molecule has 2 aromatic carbocycles. The summed E-state index contributed by atoms with van der Waals surface area (Å²) in [5.74, 6) is -0.371. The minimum atomic E-state index is -1.80. The number of anilines is 1. The lowest BCUT2D eigenvalue weighted by molar-refractivity contribution is 0.0934. The predicted octanol–water partition coefficient (Wildman–Crippen LogP) is 4.41. The first-order chi connectivity index (χ1) is 11.8. The third kappa shape index (κ3) is 6.04. The monoisotopic (exact) mass is 415 g/mol. The summed E-state index contributed by atoms with van der Waals surface area (Å²) in [4.78, 5) is 12.5. The summed E-state index contributed by atoms with van der Waals surface area (Å²) in [5, 5.41) is 8.65. The molecule has 0 heterocycles. The first-order valence-corrected chi connectivity index (χ1v) is 8.87. The van der Waals surface area contributed by atoms with Gasteiger partial charge in [0.1, 0.15) is 6.17 Å². The molecule has 1 amide bonds. The van der Waals surface area contributed by atoms with Gasteiger partial charge < -0.3 is 16.0 Å². The van der Waals surface area contributed by atoms with E-state index in [0.29, 0.717) is 5.56 Å². The Labute approximate surface area is 166 Å². The van der Waals surface area contributed by atoms with Gasteiger partial charge in [0.2, 0.25) is 3.79 Å². The topological polar surface area (TPSA) is 53.2 Å². The molecule has 0 aliphatic rings. The van der Waals surface area contributed by atoms with Crippen LogP contribution in [0.25, 0.3) is 0 Å². The number of para-hydroxylation sites is 1. The summed E-state index contributed by atoms with van der Waals surface area (Å²) >= 11 is 23.2. The van der Waals surface area contributed by atoms with Crippen molar-refractivity contribution in [2.45, 2.75) is 16.9 Å². The molecule has 0 aromatic heterocycles. The molecule has 0 unspecified atom stereocenters. The lowest BCUT2D eigenvalue weighted by atomic mass is 10.1. The summed E-state index contributed by atoms with van der Waals surface area (Å²) in [7, 11) is 0. The van der Waals surface area contributed by atoms with Gasteiger partial charge >= 0.3 is 0 Å². The van der Waals surface area contributed by atoms with Crippen molar-refractivity contribution in [3.8, 4) is 0 Å². The molecule has 4 nitrogen and oxygen atoms in total. The smallest absolute Gasteiger partial charge is 0.253 e. The van der Waals surface area contributed by atoms with Crippen molar-refractivity contribution >= 4 is 63.7 Å². The lowest BCUT2D eigenvalue weighted by Gasteiger charge is -2.28. The van der Waals surface area contributed by atoms with Gasteiger partial charge in [0.05, 0.1) is 0 Å². The summed E-state index contributed by atoms with van der Waals surface area (Å²) in [6.07, 6.45) is -1.02. The molecule has 3 N–H and O–H groups in total. The SMILES string of the molecule is Cc1ccccc1C(=O)N[C@@H](NC(=S)Nc1ccccc1)C(Cl)(Cl)Cl. The molecular weight excluding hydrogens is 401 g/mol. The summed E-state index contributed by atoms with van der Waals surface area (Å²) in [5.41, 5.74) is 2.08. The number of hydrogen-bond donors (Lipinski definition) is 3. The van der Waals surface area contributed by atoms with Crippen LogP contribution in [0.5, 0.6) is 0 Å². The number of benzene rings is 2. The second-order valence-electron chi connectivity index (χ2n) is 5.23. The predicted molar refractivity (Wildman–Crippen MR) is 109 cm³/mol. The van der Waals surface area contributed by atoms with Gasteiger partial charge in [0.25, 0.3) is 5.91 Å². The van der Waals surface area contributed by atoms with E-state index in [9.17, 15) is 4.79 Å². The Morgan fingerprint density at radius 3 is 2.20 bits per heavy atom. The van der Waals surface area contributed by atoms with Crippen molar-refractivity contribution < 1.29 is 4.79 Å². The van der Waals surface area contributed by atoms with Gasteiger partial charge in [-0.05, 0) is 42.9 Å². The average molecular weight is 417 g/mol. The van der Waals surface area contributed by atoms with Gasteiger partial charge in [-0.3, -0.25) is 4.79 Å². The van der Waals surface area contributed by atoms with Crippen LogP contribution >= 0.6 is 47.0 Å². The van der Waals surface area contributed by atoms with Crippen molar-refractivity contribution in [2.24, 2.45) is 0 Å². The van der Waals surface area contributed by atoms with Gasteiger partial charge in [-0.15, -0.1) is 0 Å². The van der Waals surface area contributed by atoms with E-state index in [1.807, 2.05) is 49.4 Å². The second-order valence-corrected chi connectivity index (χ2v) is 8.00. The van der Waals surface area contributed by atoms with Crippen molar-refractivity contribution in [1.82, 2.24) is 10.6 Å². The normalized spacial score (nSPS) is 12.2. The van der Waals surface area contributed by atoms with Crippen molar-refractivity contribution in [3.63, 3.8) is 0 Å². The molecule has 0 saturated carbocycles. The lowest BCUT2D eigenvalue weighted by Crippen LogP contribution is -2.56. The highest BCUT2D eigenvalue weighted by molar-refractivity contribution is 7.80. The van der Waals surface area contributed by atoms with Crippen LogP contribution in [0, 0.1) is 6.92 Å². The molecule has 0 bridgehead atoms. The molecular formula is C17H16Cl3N3OS. The number of halogens is 3. The fraction of sp³-hybridized carbons (Fsp3) is 0.176. The molecule has 0 aliphatic heterocycles. The number of amides is 1. The van der Waals surface area contributed by atoms with E-state index in [1.165, 1.54) is 0 Å². The molecule has 1 atom stereocenters. The quantitative estimate of drug-likeness (QED) is 0.393. The van der Waals surface area contributed by atoms with Gasteiger partial charge in [-0.2, -0.15) is 0 Å². The highest BCUT2D eigenvalue weighted by atomic mass is 35.6. The molecule has 132 valence electrons. The maximum atomic E-state index is 12.5. The fourth-order valence-electron chi connectivity index (χ4n) is 2.06. The minimum absolute atomic E-state index is 0.215. The number of nitrogens with one attached hydrogen (secondary N) is 3. The molecule has 8 heteroatoms. The molecule has 0 spiro atoms. The Morgan fingerprint density at radius 1 is 1.00 bits per heavy atom. The van der Waals surface area contributed by atoms with E-state index in [0.717, 1.165) is 11.3 Å². The Balaban J connectivity index is 2.08. The van der Waals surface area contributed by atoms with E-state index in [2.05, 4.69) is 16.0 Å². The van der Waals surface area contributed by atoms with E-state index in [-0.39, 0.29) is 11.0 Å². The van der Waals surface area contributed by atoms with Crippen molar-refractivity contribution in [3.05, 3.63) is 65.7 Å². The number of hydrogen-bond acceptors (Lipinski definition) is 2. The Kier molecular flexibility index (Phi) is 6.90. The zero-order chi connectivity index (χ0) is 18.4. The number of carbonyl (C=O) groups excluding carboxylic acids is 1. The van der Waals surface area contributed by atoms with E-state index >= 15 is 0 Å². The summed E-state index contributed by atoms with van der Waals surface area (Å²) in [6.45, 7) is 1.83. The van der Waals surface area contributed by atoms with E-state index < -0.39 is 9.96 Å². The Hall–Kier alpha value is -1.53. The van der Waals surface area contributed by atoms with Crippen LogP contribution in [-0.4, -0.2) is 21.0 Å². The maximum Gasteiger partial charge on any atom is 0.253 e. The standard InChI is InChI=1S/C17H16Cl3N3OS/c1-11-7-5-6-10-13(11)14(24)22-15(17(18,19)20)23-16(25)21-12-8-3-2-4-9-12/h2-10,15H,1H3,(H,22,24)(H2,21,23,25)/t15-/m0/s1. The van der Waals surface area contributed by atoms with Crippen LogP contribution < -0.4 is 16.0 Å². The first kappa shape index (κ1) is 19.8. The molecule has 2 aromatic rings. The van der Waals surface area contributed by atoms with Crippen LogP contribution in [0.1, 0.15) is 15.9 Å². The van der Waals surface area contributed by atoms with Gasteiger partial charge in [-0.1, -0.05) is 71.2 Å². The number of aryl methyl sites for hydroxylation is 1. The number of thiocarbonyl (C=S) groups is 1. The van der Waals surface area contributed by atoms with Crippen LogP contribution in [-0.2, 0) is 0 Å². The first-order valence-electron chi connectivity index (χ1n) is 7.33. The highest BCUT2D eigenvalue weighted by Crippen LogP contribution is 2.29. The summed E-state index contributed by atoms with van der Waals surface area (Å²) in [6, 6.07) is 16.4. The highest BCUT2D eigenvalue weighted by Gasteiger charge is 2.35. The van der Waals surface area contributed by atoms with Gasteiger partial charge in [-0.25, -0.2) is 0 Å². The average Bonchev–Trinajstić information content (AvgIpc) is 2.54. The van der Waals surface area contributed by atoms with Gasteiger partial charge in [0.15, 0.2) is 5.11 Å². The third-order valence-corrected chi connectivity index (χ3v) is 4.17. The third-order valence-electron chi connectivity index (χ3n) is 3.30. The van der Waals surface area contributed by atoms with Crippen molar-refractivity contribution in [1.29, 1.82) is 0 Å². The fourth-order valence-corrected chi connectivity index (χ4v) is 2.62.